The Morgan fingerprint density at radius 2 is 1.50 bits per heavy atom. The number of unbranched alkanes of at least 4 members (excludes halogenated alkanes) is 2. The number of hydrogen-bond acceptors (Lipinski definition) is 4. The molecule has 3 aromatic rings. The third-order valence-corrected chi connectivity index (χ3v) is 6.27. The van der Waals surface area contributed by atoms with Crippen LogP contribution in [0.2, 0.25) is 0 Å². The number of carboxylic acid groups (broad SMARTS) is 1. The SMILES string of the molecule is CCCCCOc1ccc(-c2ccc(OC(F)(F)F)cc2)cc1N(Cc1ccc(C(C)(C)C)cc1)C(=O)C(=O)O. The molecule has 0 radical (unpaired) electrons. The Kier molecular flexibility index (Phi) is 9.84. The predicted octanol–water partition coefficient (Wildman–Crippen LogP) is 7.74. The summed E-state index contributed by atoms with van der Waals surface area (Å²) in [6, 6.07) is 17.8. The van der Waals surface area contributed by atoms with Crippen LogP contribution in [-0.2, 0) is 21.5 Å². The number of hydrogen-bond donors (Lipinski definition) is 1. The molecule has 0 bridgehead atoms. The van der Waals surface area contributed by atoms with E-state index in [1.165, 1.54) is 24.3 Å². The third-order valence-electron chi connectivity index (χ3n) is 6.27. The fourth-order valence-corrected chi connectivity index (χ4v) is 4.09. The van der Waals surface area contributed by atoms with Crippen LogP contribution in [-0.4, -0.2) is 30.0 Å². The summed E-state index contributed by atoms with van der Waals surface area (Å²) >= 11 is 0. The minimum absolute atomic E-state index is 0.0251. The van der Waals surface area contributed by atoms with Gasteiger partial charge in [0.2, 0.25) is 0 Å². The standard InChI is InChI=1S/C31H34F3NO5/c1-5-6-7-18-39-27-17-12-23(22-10-15-25(16-11-22)40-31(32,33)34)19-26(27)35(28(36)29(37)38)20-21-8-13-24(14-9-21)30(2,3)4/h8-17,19H,5-7,18,20H2,1-4H3,(H,37,38). The lowest BCUT2D eigenvalue weighted by molar-refractivity contribution is -0.274. The molecule has 40 heavy (non-hydrogen) atoms. The first kappa shape index (κ1) is 30.5. The summed E-state index contributed by atoms with van der Waals surface area (Å²) in [5, 5.41) is 9.65. The smallest absolute Gasteiger partial charge is 0.491 e. The number of rotatable bonds is 10. The van der Waals surface area contributed by atoms with Gasteiger partial charge in [0.05, 0.1) is 18.8 Å². The van der Waals surface area contributed by atoms with Crippen molar-refractivity contribution in [3.05, 3.63) is 77.9 Å². The number of carbonyl (C=O) groups is 2. The van der Waals surface area contributed by atoms with Crippen molar-refractivity contribution in [2.45, 2.75) is 65.3 Å². The lowest BCUT2D eigenvalue weighted by atomic mass is 9.87. The molecule has 1 amide bonds. The number of nitrogens with zero attached hydrogens (tertiary/aromatic N) is 1. The van der Waals surface area contributed by atoms with E-state index in [0.717, 1.165) is 35.3 Å². The van der Waals surface area contributed by atoms with Crippen molar-refractivity contribution in [1.82, 2.24) is 0 Å². The molecule has 0 unspecified atom stereocenters. The Morgan fingerprint density at radius 1 is 0.875 bits per heavy atom. The first-order valence-electron chi connectivity index (χ1n) is 13.1. The third kappa shape index (κ3) is 8.49. The van der Waals surface area contributed by atoms with Gasteiger partial charge in [0.15, 0.2) is 0 Å². The van der Waals surface area contributed by atoms with E-state index in [9.17, 15) is 27.9 Å². The minimum Gasteiger partial charge on any atom is -0.491 e. The summed E-state index contributed by atoms with van der Waals surface area (Å²) < 4.78 is 47.7. The molecule has 0 aliphatic rings. The molecule has 0 aliphatic carbocycles. The van der Waals surface area contributed by atoms with Crippen molar-refractivity contribution in [3.63, 3.8) is 0 Å². The molecular formula is C31H34F3NO5. The molecular weight excluding hydrogens is 523 g/mol. The molecule has 0 saturated carbocycles. The molecule has 0 atom stereocenters. The Hall–Kier alpha value is -4.01. The van der Waals surface area contributed by atoms with E-state index in [0.29, 0.717) is 23.5 Å². The second-order valence-corrected chi connectivity index (χ2v) is 10.5. The molecule has 0 saturated heterocycles. The zero-order valence-electron chi connectivity index (χ0n) is 23.0. The van der Waals surface area contributed by atoms with Crippen molar-refractivity contribution in [2.75, 3.05) is 11.5 Å². The van der Waals surface area contributed by atoms with E-state index in [4.69, 9.17) is 4.74 Å². The Balaban J connectivity index is 2.03. The summed E-state index contributed by atoms with van der Waals surface area (Å²) in [6.07, 6.45) is -2.11. The Morgan fingerprint density at radius 3 is 2.05 bits per heavy atom. The van der Waals surface area contributed by atoms with Gasteiger partial charge >= 0.3 is 18.2 Å². The quantitative estimate of drug-likeness (QED) is 0.204. The first-order chi connectivity index (χ1) is 18.8. The topological polar surface area (TPSA) is 76.1 Å². The second kappa shape index (κ2) is 12.9. The minimum atomic E-state index is -4.81. The highest BCUT2D eigenvalue weighted by Crippen LogP contribution is 2.36. The monoisotopic (exact) mass is 557 g/mol. The number of ether oxygens (including phenoxy) is 2. The highest BCUT2D eigenvalue weighted by Gasteiger charge is 2.31. The maximum atomic E-state index is 13.0. The van der Waals surface area contributed by atoms with Gasteiger partial charge < -0.3 is 14.6 Å². The van der Waals surface area contributed by atoms with Crippen LogP contribution in [0.25, 0.3) is 11.1 Å². The van der Waals surface area contributed by atoms with Crippen molar-refractivity contribution in [1.29, 1.82) is 0 Å². The number of anilines is 1. The van der Waals surface area contributed by atoms with Crippen molar-refractivity contribution in [3.8, 4) is 22.6 Å². The van der Waals surface area contributed by atoms with E-state index in [-0.39, 0.29) is 23.4 Å². The number of alkyl halides is 3. The van der Waals surface area contributed by atoms with Crippen LogP contribution in [0.15, 0.2) is 66.7 Å². The number of carbonyl (C=O) groups excluding carboxylic acids is 1. The molecule has 9 heteroatoms. The zero-order valence-corrected chi connectivity index (χ0v) is 23.0. The van der Waals surface area contributed by atoms with Crippen LogP contribution in [0.1, 0.15) is 58.1 Å². The predicted molar refractivity (Wildman–Crippen MR) is 148 cm³/mol. The van der Waals surface area contributed by atoms with Gasteiger partial charge in [-0.2, -0.15) is 0 Å². The lowest BCUT2D eigenvalue weighted by Crippen LogP contribution is -2.36. The highest BCUT2D eigenvalue weighted by atomic mass is 19.4. The summed E-state index contributed by atoms with van der Waals surface area (Å²) in [4.78, 5) is 26.0. The van der Waals surface area contributed by atoms with Gasteiger partial charge in [0, 0.05) is 0 Å². The fraction of sp³-hybridized carbons (Fsp3) is 0.355. The summed E-state index contributed by atoms with van der Waals surface area (Å²) in [6.45, 7) is 8.65. The Bertz CT molecular complexity index is 1300. The second-order valence-electron chi connectivity index (χ2n) is 10.5. The molecule has 3 rings (SSSR count). The number of benzene rings is 3. The molecule has 0 aliphatic heterocycles. The average molecular weight is 558 g/mol. The van der Waals surface area contributed by atoms with Crippen LogP contribution < -0.4 is 14.4 Å². The van der Waals surface area contributed by atoms with Gasteiger partial charge in [-0.05, 0) is 58.4 Å². The van der Waals surface area contributed by atoms with E-state index < -0.39 is 18.2 Å². The van der Waals surface area contributed by atoms with Gasteiger partial charge in [0.25, 0.3) is 0 Å². The van der Waals surface area contributed by atoms with Gasteiger partial charge in [-0.3, -0.25) is 9.69 Å². The van der Waals surface area contributed by atoms with Crippen molar-refractivity contribution >= 4 is 17.6 Å². The normalized spacial score (nSPS) is 11.7. The van der Waals surface area contributed by atoms with Crippen LogP contribution in [0, 0.1) is 0 Å². The molecule has 214 valence electrons. The number of carboxylic acids is 1. The maximum Gasteiger partial charge on any atom is 0.573 e. The number of amides is 1. The van der Waals surface area contributed by atoms with E-state index in [2.05, 4.69) is 32.4 Å². The molecule has 0 heterocycles. The van der Waals surface area contributed by atoms with Crippen LogP contribution in [0.5, 0.6) is 11.5 Å². The first-order valence-corrected chi connectivity index (χ1v) is 13.1. The zero-order chi connectivity index (χ0) is 29.5. The van der Waals surface area contributed by atoms with Crippen molar-refractivity contribution in [2.24, 2.45) is 0 Å². The largest absolute Gasteiger partial charge is 0.573 e. The Labute approximate surface area is 232 Å². The molecule has 0 aromatic heterocycles. The molecule has 6 nitrogen and oxygen atoms in total. The summed E-state index contributed by atoms with van der Waals surface area (Å²) in [7, 11) is 0. The molecule has 0 fully saturated rings. The number of aliphatic carboxylic acids is 1. The van der Waals surface area contributed by atoms with Crippen LogP contribution >= 0.6 is 0 Å². The van der Waals surface area contributed by atoms with Gasteiger partial charge in [-0.25, -0.2) is 4.79 Å². The van der Waals surface area contributed by atoms with Gasteiger partial charge in [0.1, 0.15) is 11.5 Å². The molecule has 1 N–H and O–H groups in total. The van der Waals surface area contributed by atoms with E-state index >= 15 is 0 Å². The average Bonchev–Trinajstić information content (AvgIpc) is 2.89. The fourth-order valence-electron chi connectivity index (χ4n) is 4.09. The number of halogens is 3. The van der Waals surface area contributed by atoms with Gasteiger partial charge in [-0.15, -0.1) is 13.2 Å². The molecule has 3 aromatic carbocycles. The summed E-state index contributed by atoms with van der Waals surface area (Å²) in [5.74, 6) is -2.79. The van der Waals surface area contributed by atoms with E-state index in [1.54, 1.807) is 18.2 Å². The highest BCUT2D eigenvalue weighted by molar-refractivity contribution is 6.37. The molecule has 0 spiro atoms. The van der Waals surface area contributed by atoms with Crippen LogP contribution in [0.4, 0.5) is 18.9 Å². The maximum absolute atomic E-state index is 13.0. The lowest BCUT2D eigenvalue weighted by Gasteiger charge is -2.25. The summed E-state index contributed by atoms with van der Waals surface area (Å²) in [5.41, 5.74) is 3.08. The van der Waals surface area contributed by atoms with Crippen LogP contribution in [0.3, 0.4) is 0 Å². The van der Waals surface area contributed by atoms with E-state index in [1.807, 2.05) is 24.3 Å². The van der Waals surface area contributed by atoms with Gasteiger partial charge in [-0.1, -0.05) is 83.0 Å². The van der Waals surface area contributed by atoms with Crippen molar-refractivity contribution < 1.29 is 37.3 Å².